The molecule has 0 bridgehead atoms. The van der Waals surface area contributed by atoms with Gasteiger partial charge in [0.05, 0.1) is 6.10 Å². The first-order chi connectivity index (χ1) is 8.71. The maximum atomic E-state index is 11.9. The van der Waals surface area contributed by atoms with Crippen LogP contribution in [0.3, 0.4) is 0 Å². The Balaban J connectivity index is 1.70. The van der Waals surface area contributed by atoms with Crippen molar-refractivity contribution in [3.05, 3.63) is 21.9 Å². The number of ketones is 1. The van der Waals surface area contributed by atoms with E-state index < -0.39 is 0 Å². The van der Waals surface area contributed by atoms with Crippen molar-refractivity contribution in [3.8, 4) is 0 Å². The summed E-state index contributed by atoms with van der Waals surface area (Å²) in [6, 6.07) is 4.24. The molecule has 3 heteroatoms. The molecule has 0 spiro atoms. The van der Waals surface area contributed by atoms with Gasteiger partial charge in [-0.2, -0.15) is 0 Å². The molecule has 1 heterocycles. The molecule has 0 aromatic carbocycles. The van der Waals surface area contributed by atoms with E-state index in [0.29, 0.717) is 24.2 Å². The quantitative estimate of drug-likeness (QED) is 0.753. The average Bonchev–Trinajstić information content (AvgIpc) is 2.74. The topological polar surface area (TPSA) is 26.3 Å². The number of thiophene rings is 1. The van der Waals surface area contributed by atoms with Crippen LogP contribution in [0, 0.1) is 5.92 Å². The number of ether oxygens (including phenoxy) is 1. The molecule has 1 aliphatic rings. The molecule has 1 saturated carbocycles. The third kappa shape index (κ3) is 3.66. The molecule has 0 amide bonds. The van der Waals surface area contributed by atoms with Crippen LogP contribution in [0.1, 0.15) is 42.9 Å². The molecule has 2 nitrogen and oxygen atoms in total. The summed E-state index contributed by atoms with van der Waals surface area (Å²) in [6.07, 6.45) is 5.00. The lowest BCUT2D eigenvalue weighted by Gasteiger charge is -2.34. The Morgan fingerprint density at radius 2 is 2.06 bits per heavy atom. The van der Waals surface area contributed by atoms with E-state index in [9.17, 15) is 4.79 Å². The van der Waals surface area contributed by atoms with Crippen molar-refractivity contribution in [2.24, 2.45) is 5.92 Å². The molecule has 1 aliphatic carbocycles. The van der Waals surface area contributed by atoms with Crippen LogP contribution in [0.15, 0.2) is 12.1 Å². The van der Waals surface area contributed by atoms with E-state index in [1.54, 1.807) is 11.3 Å². The van der Waals surface area contributed by atoms with Gasteiger partial charge < -0.3 is 4.74 Å². The molecule has 1 aromatic heterocycles. The summed E-state index contributed by atoms with van der Waals surface area (Å²) in [5, 5.41) is 0. The fourth-order valence-corrected chi connectivity index (χ4v) is 3.50. The van der Waals surface area contributed by atoms with Crippen molar-refractivity contribution >= 4 is 17.1 Å². The Labute approximate surface area is 113 Å². The van der Waals surface area contributed by atoms with Crippen LogP contribution >= 0.6 is 11.3 Å². The zero-order valence-electron chi connectivity index (χ0n) is 11.3. The largest absolute Gasteiger partial charge is 0.378 e. The predicted octanol–water partition coefficient (Wildman–Crippen LogP) is 3.63. The van der Waals surface area contributed by atoms with E-state index in [1.807, 2.05) is 6.92 Å². The van der Waals surface area contributed by atoms with Crippen molar-refractivity contribution in [1.82, 2.24) is 0 Å². The van der Waals surface area contributed by atoms with E-state index in [0.717, 1.165) is 32.3 Å². The standard InChI is InChI=1S/C15H22O2S/c1-3-14-5-6-15(18-14)10-12(16)7-11-8-13(9-11)17-4-2/h5-6,11,13H,3-4,7-10H2,1-2H3. The minimum Gasteiger partial charge on any atom is -0.378 e. The Bertz CT molecular complexity index is 391. The lowest BCUT2D eigenvalue weighted by atomic mass is 9.78. The number of carbonyl (C=O) groups is 1. The van der Waals surface area contributed by atoms with Crippen LogP contribution in [-0.4, -0.2) is 18.5 Å². The second kappa shape index (κ2) is 6.48. The number of Topliss-reactive ketones (excluding diaryl/α,β-unsaturated/α-hetero) is 1. The van der Waals surface area contributed by atoms with Gasteiger partial charge in [-0.15, -0.1) is 11.3 Å². The average molecular weight is 266 g/mol. The molecule has 2 rings (SSSR count). The second-order valence-corrected chi connectivity index (χ2v) is 6.31. The third-order valence-electron chi connectivity index (χ3n) is 3.55. The zero-order chi connectivity index (χ0) is 13.0. The summed E-state index contributed by atoms with van der Waals surface area (Å²) >= 11 is 1.78. The van der Waals surface area contributed by atoms with Gasteiger partial charge in [-0.25, -0.2) is 0 Å². The second-order valence-electron chi connectivity index (χ2n) is 5.06. The van der Waals surface area contributed by atoms with Gasteiger partial charge >= 0.3 is 0 Å². The summed E-state index contributed by atoms with van der Waals surface area (Å²) in [5.74, 6) is 0.958. The molecule has 18 heavy (non-hydrogen) atoms. The molecule has 1 fully saturated rings. The molecule has 0 N–H and O–H groups in total. The molecule has 0 saturated heterocycles. The van der Waals surface area contributed by atoms with Gasteiger partial charge in [0.25, 0.3) is 0 Å². The van der Waals surface area contributed by atoms with Gasteiger partial charge in [0.1, 0.15) is 5.78 Å². The summed E-state index contributed by atoms with van der Waals surface area (Å²) in [5.41, 5.74) is 0. The predicted molar refractivity (Wildman–Crippen MR) is 75.2 cm³/mol. The zero-order valence-corrected chi connectivity index (χ0v) is 12.1. The highest BCUT2D eigenvalue weighted by molar-refractivity contribution is 7.12. The molecule has 0 radical (unpaired) electrons. The van der Waals surface area contributed by atoms with E-state index in [1.165, 1.54) is 9.75 Å². The Morgan fingerprint density at radius 3 is 2.67 bits per heavy atom. The van der Waals surface area contributed by atoms with Crippen LogP contribution in [0.2, 0.25) is 0 Å². The molecule has 1 aromatic rings. The van der Waals surface area contributed by atoms with Crippen LogP contribution in [0.5, 0.6) is 0 Å². The van der Waals surface area contributed by atoms with Gasteiger partial charge in [0.15, 0.2) is 0 Å². The van der Waals surface area contributed by atoms with Crippen molar-refractivity contribution < 1.29 is 9.53 Å². The number of hydrogen-bond acceptors (Lipinski definition) is 3. The van der Waals surface area contributed by atoms with Gasteiger partial charge in [0.2, 0.25) is 0 Å². The number of aryl methyl sites for hydroxylation is 1. The van der Waals surface area contributed by atoms with E-state index in [4.69, 9.17) is 4.74 Å². The highest BCUT2D eigenvalue weighted by Crippen LogP contribution is 2.33. The maximum Gasteiger partial charge on any atom is 0.138 e. The van der Waals surface area contributed by atoms with Gasteiger partial charge in [0, 0.05) is 29.2 Å². The van der Waals surface area contributed by atoms with Crippen molar-refractivity contribution in [2.75, 3.05) is 6.61 Å². The SMILES string of the molecule is CCOC1CC(CC(=O)Cc2ccc(CC)s2)C1. The molecule has 0 atom stereocenters. The molecular weight excluding hydrogens is 244 g/mol. The van der Waals surface area contributed by atoms with E-state index in [-0.39, 0.29) is 0 Å². The Morgan fingerprint density at radius 1 is 1.33 bits per heavy atom. The first-order valence-corrected chi connectivity index (χ1v) is 7.73. The molecule has 0 unspecified atom stereocenters. The fraction of sp³-hybridized carbons (Fsp3) is 0.667. The van der Waals surface area contributed by atoms with Crippen molar-refractivity contribution in [3.63, 3.8) is 0 Å². The fourth-order valence-electron chi connectivity index (χ4n) is 2.51. The summed E-state index contributed by atoms with van der Waals surface area (Å²) in [7, 11) is 0. The normalized spacial score (nSPS) is 22.8. The lowest BCUT2D eigenvalue weighted by Crippen LogP contribution is -2.32. The smallest absolute Gasteiger partial charge is 0.138 e. The van der Waals surface area contributed by atoms with Crippen molar-refractivity contribution in [2.45, 2.75) is 52.1 Å². The minimum absolute atomic E-state index is 0.388. The van der Waals surface area contributed by atoms with E-state index >= 15 is 0 Å². The monoisotopic (exact) mass is 266 g/mol. The lowest BCUT2D eigenvalue weighted by molar-refractivity contribution is -0.121. The van der Waals surface area contributed by atoms with Crippen LogP contribution in [0.4, 0.5) is 0 Å². The highest BCUT2D eigenvalue weighted by atomic mass is 32.1. The molecule has 100 valence electrons. The summed E-state index contributed by atoms with van der Waals surface area (Å²) < 4.78 is 5.52. The van der Waals surface area contributed by atoms with Crippen LogP contribution < -0.4 is 0 Å². The highest BCUT2D eigenvalue weighted by Gasteiger charge is 2.30. The summed E-state index contributed by atoms with van der Waals surface area (Å²) in [4.78, 5) is 14.5. The number of rotatable bonds is 7. The van der Waals surface area contributed by atoms with Gasteiger partial charge in [-0.3, -0.25) is 4.79 Å². The molecule has 0 aliphatic heterocycles. The van der Waals surface area contributed by atoms with Gasteiger partial charge in [-0.05, 0) is 44.2 Å². The first-order valence-electron chi connectivity index (χ1n) is 6.92. The first kappa shape index (κ1) is 13.8. The Hall–Kier alpha value is -0.670. The number of carbonyl (C=O) groups excluding carboxylic acids is 1. The maximum absolute atomic E-state index is 11.9. The van der Waals surface area contributed by atoms with Gasteiger partial charge in [-0.1, -0.05) is 6.92 Å². The van der Waals surface area contributed by atoms with Crippen molar-refractivity contribution in [1.29, 1.82) is 0 Å². The Kier molecular flexibility index (Phi) is 4.95. The van der Waals surface area contributed by atoms with Crippen LogP contribution in [-0.2, 0) is 22.4 Å². The van der Waals surface area contributed by atoms with Crippen LogP contribution in [0.25, 0.3) is 0 Å². The van der Waals surface area contributed by atoms with E-state index in [2.05, 4.69) is 19.1 Å². The summed E-state index contributed by atoms with van der Waals surface area (Å²) in [6.45, 7) is 4.97. The third-order valence-corrected chi connectivity index (χ3v) is 4.78. The minimum atomic E-state index is 0.388. The molecular formula is C15H22O2S. The number of hydrogen-bond donors (Lipinski definition) is 0.